The molecule has 0 aromatic carbocycles. The SMILES string of the molecule is CC1CCCC(N)(C2(O)CCCN(C(=O)OC(C)(C)C)C2)C1. The maximum Gasteiger partial charge on any atom is 0.410 e. The molecule has 0 aromatic heterocycles. The number of β-amino-alcohol motifs (C(OH)–C–C–N with tert-alkyl or cyclic N) is 1. The Bertz CT molecular complexity index is 421. The lowest BCUT2D eigenvalue weighted by atomic mass is 9.65. The molecule has 3 unspecified atom stereocenters. The molecule has 0 bridgehead atoms. The summed E-state index contributed by atoms with van der Waals surface area (Å²) in [4.78, 5) is 13.9. The molecule has 2 aliphatic rings. The van der Waals surface area contributed by atoms with E-state index >= 15 is 0 Å². The van der Waals surface area contributed by atoms with Crippen LogP contribution in [-0.4, -0.2) is 45.9 Å². The molecule has 1 aliphatic heterocycles. The smallest absolute Gasteiger partial charge is 0.410 e. The van der Waals surface area contributed by atoms with Gasteiger partial charge in [0.2, 0.25) is 0 Å². The van der Waals surface area contributed by atoms with Crippen molar-refractivity contribution in [1.29, 1.82) is 0 Å². The van der Waals surface area contributed by atoms with Gasteiger partial charge in [0.15, 0.2) is 0 Å². The van der Waals surface area contributed by atoms with Gasteiger partial charge in [-0.2, -0.15) is 0 Å². The molecule has 5 heteroatoms. The number of nitrogens with two attached hydrogens (primary N) is 1. The van der Waals surface area contributed by atoms with Gasteiger partial charge in [-0.25, -0.2) is 4.79 Å². The first-order chi connectivity index (χ1) is 10.0. The summed E-state index contributed by atoms with van der Waals surface area (Å²) in [6.45, 7) is 8.67. The van der Waals surface area contributed by atoms with Crippen LogP contribution in [0.1, 0.15) is 66.2 Å². The van der Waals surface area contributed by atoms with Crippen LogP contribution < -0.4 is 5.73 Å². The Morgan fingerprint density at radius 2 is 2.00 bits per heavy atom. The summed E-state index contributed by atoms with van der Waals surface area (Å²) in [6, 6.07) is 0. The van der Waals surface area contributed by atoms with Crippen molar-refractivity contribution in [2.75, 3.05) is 13.1 Å². The molecular weight excluding hydrogens is 280 g/mol. The molecule has 5 nitrogen and oxygen atoms in total. The van der Waals surface area contributed by atoms with Crippen LogP contribution in [-0.2, 0) is 4.74 Å². The van der Waals surface area contributed by atoms with Crippen LogP contribution in [0.2, 0.25) is 0 Å². The number of ether oxygens (including phenoxy) is 1. The highest BCUT2D eigenvalue weighted by Crippen LogP contribution is 2.42. The summed E-state index contributed by atoms with van der Waals surface area (Å²) in [7, 11) is 0. The van der Waals surface area contributed by atoms with Crippen LogP contribution in [0, 0.1) is 5.92 Å². The van der Waals surface area contributed by atoms with E-state index in [0.717, 1.165) is 25.7 Å². The Kier molecular flexibility index (Phi) is 4.79. The second kappa shape index (κ2) is 6.00. The van der Waals surface area contributed by atoms with Gasteiger partial charge in [0, 0.05) is 12.1 Å². The summed E-state index contributed by atoms with van der Waals surface area (Å²) in [5.41, 5.74) is 4.50. The highest BCUT2D eigenvalue weighted by Gasteiger charge is 2.51. The minimum Gasteiger partial charge on any atom is -0.444 e. The zero-order valence-corrected chi connectivity index (χ0v) is 14.5. The molecule has 0 spiro atoms. The second-order valence-electron chi connectivity index (χ2n) is 8.39. The van der Waals surface area contributed by atoms with Crippen molar-refractivity contribution in [3.63, 3.8) is 0 Å². The summed E-state index contributed by atoms with van der Waals surface area (Å²) in [5.74, 6) is 0.527. The minimum atomic E-state index is -1.00. The molecule has 1 saturated carbocycles. The predicted molar refractivity (Wildman–Crippen MR) is 86.5 cm³/mol. The van der Waals surface area contributed by atoms with Gasteiger partial charge in [-0.3, -0.25) is 0 Å². The highest BCUT2D eigenvalue weighted by atomic mass is 16.6. The molecule has 1 aliphatic carbocycles. The summed E-state index contributed by atoms with van der Waals surface area (Å²) in [5, 5.41) is 11.2. The molecule has 0 radical (unpaired) electrons. The van der Waals surface area contributed by atoms with E-state index in [2.05, 4.69) is 6.92 Å². The molecule has 1 saturated heterocycles. The maximum absolute atomic E-state index is 12.3. The first-order valence-electron chi connectivity index (χ1n) is 8.54. The van der Waals surface area contributed by atoms with Crippen molar-refractivity contribution in [2.24, 2.45) is 11.7 Å². The molecule has 128 valence electrons. The molecule has 0 aromatic rings. The lowest BCUT2D eigenvalue weighted by Crippen LogP contribution is -2.68. The van der Waals surface area contributed by atoms with Gasteiger partial charge >= 0.3 is 6.09 Å². The molecule has 1 amide bonds. The normalized spacial score (nSPS) is 37.0. The number of likely N-dealkylation sites (tertiary alicyclic amines) is 1. The number of carbonyl (C=O) groups excluding carboxylic acids is 1. The van der Waals surface area contributed by atoms with E-state index in [-0.39, 0.29) is 12.6 Å². The van der Waals surface area contributed by atoms with Crippen LogP contribution in [0.25, 0.3) is 0 Å². The van der Waals surface area contributed by atoms with E-state index < -0.39 is 16.7 Å². The van der Waals surface area contributed by atoms with E-state index in [4.69, 9.17) is 10.5 Å². The van der Waals surface area contributed by atoms with Gasteiger partial charge in [0.05, 0.1) is 6.54 Å². The lowest BCUT2D eigenvalue weighted by Gasteiger charge is -2.52. The fourth-order valence-electron chi connectivity index (χ4n) is 3.94. The Balaban J connectivity index is 2.09. The van der Waals surface area contributed by atoms with E-state index in [1.54, 1.807) is 4.90 Å². The number of hydrogen-bond donors (Lipinski definition) is 2. The molecule has 3 atom stereocenters. The van der Waals surface area contributed by atoms with Crippen LogP contribution in [0.15, 0.2) is 0 Å². The van der Waals surface area contributed by atoms with Crippen LogP contribution in [0.4, 0.5) is 4.79 Å². The fourth-order valence-corrected chi connectivity index (χ4v) is 3.94. The van der Waals surface area contributed by atoms with E-state index in [9.17, 15) is 9.90 Å². The van der Waals surface area contributed by atoms with Crippen LogP contribution in [0.3, 0.4) is 0 Å². The van der Waals surface area contributed by atoms with Gasteiger partial charge < -0.3 is 20.5 Å². The van der Waals surface area contributed by atoms with E-state index in [0.29, 0.717) is 18.9 Å². The summed E-state index contributed by atoms with van der Waals surface area (Å²) in [6.07, 6.45) is 4.95. The third kappa shape index (κ3) is 3.74. The van der Waals surface area contributed by atoms with Crippen molar-refractivity contribution in [1.82, 2.24) is 4.90 Å². The van der Waals surface area contributed by atoms with Crippen molar-refractivity contribution in [2.45, 2.75) is 83.0 Å². The largest absolute Gasteiger partial charge is 0.444 e. The topological polar surface area (TPSA) is 75.8 Å². The minimum absolute atomic E-state index is 0.283. The molecule has 1 heterocycles. The van der Waals surface area contributed by atoms with Gasteiger partial charge in [0.25, 0.3) is 0 Å². The second-order valence-corrected chi connectivity index (χ2v) is 8.39. The lowest BCUT2D eigenvalue weighted by molar-refractivity contribution is -0.103. The Morgan fingerprint density at radius 3 is 2.59 bits per heavy atom. The zero-order valence-electron chi connectivity index (χ0n) is 14.5. The number of nitrogens with zero attached hydrogens (tertiary/aromatic N) is 1. The number of piperidine rings is 1. The Hall–Kier alpha value is -0.810. The standard InChI is InChI=1S/C17H32N2O3/c1-13-7-5-8-16(18,11-13)17(21)9-6-10-19(12-17)14(20)22-15(2,3)4/h13,21H,5-12,18H2,1-4H3. The van der Waals surface area contributed by atoms with Crippen molar-refractivity contribution in [3.8, 4) is 0 Å². The molecule has 2 rings (SSSR count). The number of carbonyl (C=O) groups is 1. The molecule has 3 N–H and O–H groups in total. The summed E-state index contributed by atoms with van der Waals surface area (Å²) < 4.78 is 5.45. The van der Waals surface area contributed by atoms with Crippen LogP contribution in [0.5, 0.6) is 0 Å². The average Bonchev–Trinajstić information content (AvgIpc) is 2.36. The molecule has 2 fully saturated rings. The van der Waals surface area contributed by atoms with Crippen molar-refractivity contribution >= 4 is 6.09 Å². The monoisotopic (exact) mass is 312 g/mol. The Morgan fingerprint density at radius 1 is 1.32 bits per heavy atom. The zero-order chi connectivity index (χ0) is 16.6. The van der Waals surface area contributed by atoms with Crippen molar-refractivity contribution in [3.05, 3.63) is 0 Å². The molecular formula is C17H32N2O3. The number of rotatable bonds is 1. The third-order valence-corrected chi connectivity index (χ3v) is 5.08. The average molecular weight is 312 g/mol. The first kappa shape index (κ1) is 17.5. The first-order valence-corrected chi connectivity index (χ1v) is 8.54. The summed E-state index contributed by atoms with van der Waals surface area (Å²) >= 11 is 0. The number of amides is 1. The number of aliphatic hydroxyl groups is 1. The van der Waals surface area contributed by atoms with Crippen molar-refractivity contribution < 1.29 is 14.6 Å². The third-order valence-electron chi connectivity index (χ3n) is 5.08. The van der Waals surface area contributed by atoms with Crippen LogP contribution >= 0.6 is 0 Å². The van der Waals surface area contributed by atoms with Gasteiger partial charge in [-0.05, 0) is 52.4 Å². The quantitative estimate of drug-likeness (QED) is 0.780. The number of hydrogen-bond acceptors (Lipinski definition) is 4. The van der Waals surface area contributed by atoms with Gasteiger partial charge in [0.1, 0.15) is 11.2 Å². The van der Waals surface area contributed by atoms with Gasteiger partial charge in [-0.15, -0.1) is 0 Å². The fraction of sp³-hybridized carbons (Fsp3) is 0.941. The molecule has 22 heavy (non-hydrogen) atoms. The highest BCUT2D eigenvalue weighted by molar-refractivity contribution is 5.68. The van der Waals surface area contributed by atoms with Gasteiger partial charge in [-0.1, -0.05) is 19.8 Å². The van der Waals surface area contributed by atoms with E-state index in [1.807, 2.05) is 20.8 Å². The maximum atomic E-state index is 12.3. The Labute approximate surface area is 134 Å². The predicted octanol–water partition coefficient (Wildman–Crippen LogP) is 2.66. The van der Waals surface area contributed by atoms with E-state index in [1.165, 1.54) is 6.42 Å².